The molecule has 0 aliphatic rings. The standard InChI is InChI=1S/C22H23F3O4/c1-13-11-15(12-14(2)19(13)29-21(3,4)20(27)28)9-10-18(26)16-7-5-6-8-17(16)22(23,24)25/h5-8,11-12H,9-10H2,1-4H3,(H,27,28). The van der Waals surface area contributed by atoms with Crippen molar-refractivity contribution in [2.75, 3.05) is 0 Å². The lowest BCUT2D eigenvalue weighted by molar-refractivity contribution is -0.152. The first-order valence-corrected chi connectivity index (χ1v) is 9.05. The van der Waals surface area contributed by atoms with Gasteiger partial charge in [-0.1, -0.05) is 30.3 Å². The summed E-state index contributed by atoms with van der Waals surface area (Å²) in [5.74, 6) is -1.25. The fraction of sp³-hybridized carbons (Fsp3) is 0.364. The molecule has 1 N–H and O–H groups in total. The molecule has 7 heteroatoms. The number of halogens is 3. The Morgan fingerprint density at radius 2 is 1.59 bits per heavy atom. The second-order valence-electron chi connectivity index (χ2n) is 7.44. The van der Waals surface area contributed by atoms with Crippen LogP contribution in [0.4, 0.5) is 13.2 Å². The molecule has 0 spiro atoms. The Morgan fingerprint density at radius 3 is 2.10 bits per heavy atom. The summed E-state index contributed by atoms with van der Waals surface area (Å²) in [6.07, 6.45) is -4.41. The fourth-order valence-corrected chi connectivity index (χ4v) is 3.01. The molecule has 2 aromatic rings. The number of carboxylic acid groups (broad SMARTS) is 1. The summed E-state index contributed by atoms with van der Waals surface area (Å²) in [6.45, 7) is 6.40. The Balaban J connectivity index is 2.19. The number of aryl methyl sites for hydroxylation is 3. The number of benzene rings is 2. The van der Waals surface area contributed by atoms with Crippen LogP contribution in [0.2, 0.25) is 0 Å². The van der Waals surface area contributed by atoms with Crippen LogP contribution in [0.25, 0.3) is 0 Å². The van der Waals surface area contributed by atoms with Gasteiger partial charge in [0.2, 0.25) is 0 Å². The van der Waals surface area contributed by atoms with Gasteiger partial charge in [-0.25, -0.2) is 4.79 Å². The van der Waals surface area contributed by atoms with E-state index in [2.05, 4.69) is 0 Å². The number of Topliss-reactive ketones (excluding diaryl/α,β-unsaturated/α-hetero) is 1. The third kappa shape index (κ3) is 5.37. The number of hydrogen-bond donors (Lipinski definition) is 1. The molecular weight excluding hydrogens is 385 g/mol. The minimum Gasteiger partial charge on any atom is -0.478 e. The summed E-state index contributed by atoms with van der Waals surface area (Å²) in [7, 11) is 0. The third-order valence-corrected chi connectivity index (χ3v) is 4.57. The Labute approximate surface area is 167 Å². The highest BCUT2D eigenvalue weighted by Gasteiger charge is 2.34. The number of alkyl halides is 3. The summed E-state index contributed by atoms with van der Waals surface area (Å²) in [5, 5.41) is 9.23. The van der Waals surface area contributed by atoms with Gasteiger partial charge in [0.15, 0.2) is 11.4 Å². The monoisotopic (exact) mass is 408 g/mol. The van der Waals surface area contributed by atoms with Crippen molar-refractivity contribution in [3.8, 4) is 5.75 Å². The van der Waals surface area contributed by atoms with Gasteiger partial charge in [-0.2, -0.15) is 13.2 Å². The third-order valence-electron chi connectivity index (χ3n) is 4.57. The Bertz CT molecular complexity index is 907. The number of ether oxygens (including phenoxy) is 1. The number of aliphatic carboxylic acids is 1. The molecule has 0 saturated carbocycles. The lowest BCUT2D eigenvalue weighted by Crippen LogP contribution is -2.38. The van der Waals surface area contributed by atoms with Crippen LogP contribution in [0.1, 0.15) is 52.9 Å². The van der Waals surface area contributed by atoms with E-state index in [4.69, 9.17) is 4.74 Å². The SMILES string of the molecule is Cc1cc(CCC(=O)c2ccccc2C(F)(F)F)cc(C)c1OC(C)(C)C(=O)O. The molecule has 0 atom stereocenters. The fourth-order valence-electron chi connectivity index (χ4n) is 3.01. The van der Waals surface area contributed by atoms with Gasteiger partial charge >= 0.3 is 12.1 Å². The molecule has 2 aromatic carbocycles. The van der Waals surface area contributed by atoms with Crippen LogP contribution in [0.15, 0.2) is 36.4 Å². The highest BCUT2D eigenvalue weighted by Crippen LogP contribution is 2.33. The first-order chi connectivity index (χ1) is 13.3. The molecule has 0 bridgehead atoms. The van der Waals surface area contributed by atoms with Gasteiger partial charge in [-0.3, -0.25) is 4.79 Å². The molecular formula is C22H23F3O4. The molecule has 156 valence electrons. The normalized spacial score (nSPS) is 12.0. The number of hydrogen-bond acceptors (Lipinski definition) is 3. The molecule has 2 rings (SSSR count). The Kier molecular flexibility index (Phi) is 6.40. The molecule has 0 aliphatic carbocycles. The van der Waals surface area contributed by atoms with Gasteiger partial charge in [-0.05, 0) is 56.9 Å². The highest BCUT2D eigenvalue weighted by molar-refractivity contribution is 5.97. The van der Waals surface area contributed by atoms with Gasteiger partial charge in [0.25, 0.3) is 0 Å². The smallest absolute Gasteiger partial charge is 0.417 e. The van der Waals surface area contributed by atoms with Crippen molar-refractivity contribution in [1.29, 1.82) is 0 Å². The van der Waals surface area contributed by atoms with E-state index in [1.807, 2.05) is 0 Å². The van der Waals surface area contributed by atoms with E-state index in [0.29, 0.717) is 16.9 Å². The second-order valence-corrected chi connectivity index (χ2v) is 7.44. The van der Waals surface area contributed by atoms with E-state index in [9.17, 15) is 27.9 Å². The van der Waals surface area contributed by atoms with E-state index in [1.54, 1.807) is 26.0 Å². The molecule has 0 aromatic heterocycles. The van der Waals surface area contributed by atoms with Gasteiger partial charge in [0.05, 0.1) is 5.56 Å². The van der Waals surface area contributed by atoms with Crippen molar-refractivity contribution in [3.05, 3.63) is 64.2 Å². The Morgan fingerprint density at radius 1 is 1.03 bits per heavy atom. The maximum Gasteiger partial charge on any atom is 0.417 e. The van der Waals surface area contributed by atoms with Crippen LogP contribution in [-0.4, -0.2) is 22.5 Å². The van der Waals surface area contributed by atoms with Crippen molar-refractivity contribution in [2.45, 2.75) is 52.3 Å². The van der Waals surface area contributed by atoms with E-state index >= 15 is 0 Å². The lowest BCUT2D eigenvalue weighted by atomic mass is 9.96. The summed E-state index contributed by atoms with van der Waals surface area (Å²) < 4.78 is 45.0. The molecule has 0 radical (unpaired) electrons. The van der Waals surface area contributed by atoms with Crippen LogP contribution in [0.5, 0.6) is 5.75 Å². The lowest BCUT2D eigenvalue weighted by Gasteiger charge is -2.24. The molecule has 0 aliphatic heterocycles. The van der Waals surface area contributed by atoms with Crippen molar-refractivity contribution in [1.82, 2.24) is 0 Å². The van der Waals surface area contributed by atoms with E-state index in [1.165, 1.54) is 32.0 Å². The van der Waals surface area contributed by atoms with Crippen molar-refractivity contribution in [3.63, 3.8) is 0 Å². The van der Waals surface area contributed by atoms with Crippen LogP contribution in [0.3, 0.4) is 0 Å². The average Bonchev–Trinajstić information content (AvgIpc) is 2.62. The van der Waals surface area contributed by atoms with Crippen LogP contribution in [0, 0.1) is 13.8 Å². The van der Waals surface area contributed by atoms with Crippen molar-refractivity contribution >= 4 is 11.8 Å². The van der Waals surface area contributed by atoms with Crippen molar-refractivity contribution in [2.24, 2.45) is 0 Å². The molecule has 0 saturated heterocycles. The van der Waals surface area contributed by atoms with Crippen LogP contribution >= 0.6 is 0 Å². The largest absolute Gasteiger partial charge is 0.478 e. The highest BCUT2D eigenvalue weighted by atomic mass is 19.4. The molecule has 4 nitrogen and oxygen atoms in total. The van der Waals surface area contributed by atoms with E-state index in [0.717, 1.165) is 11.6 Å². The summed E-state index contributed by atoms with van der Waals surface area (Å²) in [4.78, 5) is 23.7. The van der Waals surface area contributed by atoms with E-state index < -0.39 is 29.1 Å². The topological polar surface area (TPSA) is 63.6 Å². The molecule has 0 amide bonds. The summed E-state index contributed by atoms with van der Waals surface area (Å²) in [6, 6.07) is 8.26. The van der Waals surface area contributed by atoms with Crippen LogP contribution in [-0.2, 0) is 17.4 Å². The number of carbonyl (C=O) groups excluding carboxylic acids is 1. The number of ketones is 1. The minimum absolute atomic E-state index is 0.0766. The average molecular weight is 408 g/mol. The van der Waals surface area contributed by atoms with Crippen molar-refractivity contribution < 1.29 is 32.6 Å². The molecule has 0 fully saturated rings. The quantitative estimate of drug-likeness (QED) is 0.625. The predicted octanol–water partition coefficient (Wildman–Crippen LogP) is 5.38. The zero-order chi connectivity index (χ0) is 22.0. The number of carbonyl (C=O) groups is 2. The number of rotatable bonds is 7. The van der Waals surface area contributed by atoms with Crippen LogP contribution < -0.4 is 4.74 Å². The zero-order valence-corrected chi connectivity index (χ0v) is 16.7. The summed E-state index contributed by atoms with van der Waals surface area (Å²) >= 11 is 0. The van der Waals surface area contributed by atoms with E-state index in [-0.39, 0.29) is 18.4 Å². The van der Waals surface area contributed by atoms with Gasteiger partial charge in [0, 0.05) is 12.0 Å². The predicted molar refractivity (Wildman–Crippen MR) is 102 cm³/mol. The Hall–Kier alpha value is -2.83. The van der Waals surface area contributed by atoms with Gasteiger partial charge in [0.1, 0.15) is 5.75 Å². The molecule has 0 heterocycles. The minimum atomic E-state index is -4.59. The maximum atomic E-state index is 13.1. The van der Waals surface area contributed by atoms with Gasteiger partial charge in [-0.15, -0.1) is 0 Å². The first-order valence-electron chi connectivity index (χ1n) is 9.05. The first kappa shape index (κ1) is 22.5. The van der Waals surface area contributed by atoms with Gasteiger partial charge < -0.3 is 9.84 Å². The summed E-state index contributed by atoms with van der Waals surface area (Å²) in [5.41, 5.74) is -0.532. The zero-order valence-electron chi connectivity index (χ0n) is 16.7. The molecule has 29 heavy (non-hydrogen) atoms. The maximum absolute atomic E-state index is 13.1. The molecule has 0 unspecified atom stereocenters. The number of carboxylic acids is 1. The second kappa shape index (κ2) is 8.27.